The fourth-order valence-electron chi connectivity index (χ4n) is 4.15. The van der Waals surface area contributed by atoms with Crippen LogP contribution >= 0.6 is 0 Å². The van der Waals surface area contributed by atoms with Crippen LogP contribution in [0.3, 0.4) is 0 Å². The van der Waals surface area contributed by atoms with E-state index in [4.69, 9.17) is 9.47 Å². The molecule has 2 heteroatoms. The standard InChI is InChI=1S/C26H28O2/c1-27-25-17-16-22(19-26(25)28-23-14-8-9-15-23)24(21-12-6-3-7-13-21)18-20-10-4-2-5-11-20/h2-7,10-13,16-17,19,23-24H,8-9,14-15,18H2,1H3. The summed E-state index contributed by atoms with van der Waals surface area (Å²) in [4.78, 5) is 0. The van der Waals surface area contributed by atoms with Crippen molar-refractivity contribution in [3.63, 3.8) is 0 Å². The second kappa shape index (κ2) is 8.97. The lowest BCUT2D eigenvalue weighted by atomic mass is 9.86. The first-order valence-electron chi connectivity index (χ1n) is 10.3. The average Bonchev–Trinajstić information content (AvgIpc) is 3.26. The first kappa shape index (κ1) is 18.6. The zero-order valence-corrected chi connectivity index (χ0v) is 16.5. The van der Waals surface area contributed by atoms with E-state index in [0.717, 1.165) is 30.8 Å². The van der Waals surface area contributed by atoms with Crippen LogP contribution in [0.4, 0.5) is 0 Å². The third kappa shape index (κ3) is 4.39. The highest BCUT2D eigenvalue weighted by Crippen LogP contribution is 2.37. The molecule has 1 fully saturated rings. The third-order valence-corrected chi connectivity index (χ3v) is 5.67. The molecule has 1 unspecified atom stereocenters. The smallest absolute Gasteiger partial charge is 0.161 e. The van der Waals surface area contributed by atoms with Gasteiger partial charge < -0.3 is 9.47 Å². The quantitative estimate of drug-likeness (QED) is 0.478. The Morgan fingerprint density at radius 3 is 2.14 bits per heavy atom. The lowest BCUT2D eigenvalue weighted by molar-refractivity contribution is 0.200. The molecule has 0 aliphatic heterocycles. The van der Waals surface area contributed by atoms with Gasteiger partial charge in [0.25, 0.3) is 0 Å². The van der Waals surface area contributed by atoms with Crippen LogP contribution in [0.1, 0.15) is 48.3 Å². The molecule has 144 valence electrons. The zero-order valence-electron chi connectivity index (χ0n) is 16.5. The van der Waals surface area contributed by atoms with Gasteiger partial charge in [0, 0.05) is 5.92 Å². The summed E-state index contributed by atoms with van der Waals surface area (Å²) < 4.78 is 11.9. The number of hydrogen-bond donors (Lipinski definition) is 0. The van der Waals surface area contributed by atoms with E-state index in [1.807, 2.05) is 0 Å². The Kier molecular flexibility index (Phi) is 5.96. The van der Waals surface area contributed by atoms with Crippen molar-refractivity contribution in [2.45, 2.75) is 44.1 Å². The van der Waals surface area contributed by atoms with Crippen molar-refractivity contribution >= 4 is 0 Å². The molecule has 0 N–H and O–H groups in total. The molecule has 4 rings (SSSR count). The molecule has 0 radical (unpaired) electrons. The Hall–Kier alpha value is -2.74. The fourth-order valence-corrected chi connectivity index (χ4v) is 4.15. The van der Waals surface area contributed by atoms with Crippen molar-refractivity contribution in [1.82, 2.24) is 0 Å². The van der Waals surface area contributed by atoms with E-state index in [9.17, 15) is 0 Å². The van der Waals surface area contributed by atoms with Crippen LogP contribution in [0.5, 0.6) is 11.5 Å². The molecule has 0 spiro atoms. The molecule has 1 aliphatic carbocycles. The van der Waals surface area contributed by atoms with Crippen molar-refractivity contribution in [3.05, 3.63) is 95.6 Å². The summed E-state index contributed by atoms with van der Waals surface area (Å²) in [6.07, 6.45) is 6.06. The van der Waals surface area contributed by atoms with Crippen molar-refractivity contribution in [2.24, 2.45) is 0 Å². The minimum atomic E-state index is 0.278. The number of benzene rings is 3. The fraction of sp³-hybridized carbons (Fsp3) is 0.308. The maximum Gasteiger partial charge on any atom is 0.161 e. The Morgan fingerprint density at radius 1 is 0.786 bits per heavy atom. The second-order valence-corrected chi connectivity index (χ2v) is 7.59. The summed E-state index contributed by atoms with van der Waals surface area (Å²) in [5.74, 6) is 1.98. The third-order valence-electron chi connectivity index (χ3n) is 5.67. The van der Waals surface area contributed by atoms with Crippen LogP contribution in [0.25, 0.3) is 0 Å². The van der Waals surface area contributed by atoms with Gasteiger partial charge >= 0.3 is 0 Å². The molecule has 1 atom stereocenters. The van der Waals surface area contributed by atoms with Crippen molar-refractivity contribution in [2.75, 3.05) is 7.11 Å². The van der Waals surface area contributed by atoms with Crippen LogP contribution < -0.4 is 9.47 Å². The van der Waals surface area contributed by atoms with Crippen LogP contribution in [0.2, 0.25) is 0 Å². The Balaban J connectivity index is 1.68. The van der Waals surface area contributed by atoms with E-state index < -0.39 is 0 Å². The lowest BCUT2D eigenvalue weighted by Crippen LogP contribution is -2.12. The molecule has 0 heterocycles. The van der Waals surface area contributed by atoms with E-state index in [1.165, 1.54) is 29.5 Å². The van der Waals surface area contributed by atoms with Crippen molar-refractivity contribution in [1.29, 1.82) is 0 Å². The SMILES string of the molecule is COc1ccc(C(Cc2ccccc2)c2ccccc2)cc1OC1CCCC1. The van der Waals surface area contributed by atoms with Gasteiger partial charge in [0.2, 0.25) is 0 Å². The van der Waals surface area contributed by atoms with E-state index in [1.54, 1.807) is 7.11 Å². The summed E-state index contributed by atoms with van der Waals surface area (Å²) in [7, 11) is 1.72. The Labute approximate surface area is 168 Å². The summed E-state index contributed by atoms with van der Waals surface area (Å²) in [5.41, 5.74) is 3.93. The van der Waals surface area contributed by atoms with Crippen LogP contribution in [0.15, 0.2) is 78.9 Å². The van der Waals surface area contributed by atoms with Crippen LogP contribution in [-0.4, -0.2) is 13.2 Å². The highest BCUT2D eigenvalue weighted by molar-refractivity contribution is 5.47. The largest absolute Gasteiger partial charge is 0.493 e. The summed E-state index contributed by atoms with van der Waals surface area (Å²) in [6.45, 7) is 0. The lowest BCUT2D eigenvalue weighted by Gasteiger charge is -2.22. The van der Waals surface area contributed by atoms with E-state index in [0.29, 0.717) is 6.10 Å². The molecule has 2 nitrogen and oxygen atoms in total. The molecule has 3 aromatic rings. The van der Waals surface area contributed by atoms with Gasteiger partial charge in [-0.25, -0.2) is 0 Å². The van der Waals surface area contributed by atoms with Gasteiger partial charge in [-0.1, -0.05) is 66.7 Å². The van der Waals surface area contributed by atoms with E-state index in [-0.39, 0.29) is 5.92 Å². The first-order chi connectivity index (χ1) is 13.8. The molecule has 1 saturated carbocycles. The Morgan fingerprint density at radius 2 is 1.46 bits per heavy atom. The van der Waals surface area contributed by atoms with Gasteiger partial charge in [0.1, 0.15) is 0 Å². The molecular formula is C26H28O2. The van der Waals surface area contributed by atoms with Gasteiger partial charge in [0.15, 0.2) is 11.5 Å². The molecule has 0 saturated heterocycles. The first-order valence-corrected chi connectivity index (χ1v) is 10.3. The molecule has 1 aliphatic rings. The van der Waals surface area contributed by atoms with Gasteiger partial charge in [-0.05, 0) is 60.9 Å². The normalized spacial score (nSPS) is 15.3. The minimum absolute atomic E-state index is 0.278. The number of ether oxygens (including phenoxy) is 2. The summed E-state index contributed by atoms with van der Waals surface area (Å²) in [5, 5.41) is 0. The molecule has 3 aromatic carbocycles. The highest BCUT2D eigenvalue weighted by Gasteiger charge is 2.21. The maximum atomic E-state index is 6.35. The molecular weight excluding hydrogens is 344 g/mol. The van der Waals surface area contributed by atoms with Crippen LogP contribution in [-0.2, 0) is 6.42 Å². The van der Waals surface area contributed by atoms with Crippen LogP contribution in [0, 0.1) is 0 Å². The number of rotatable bonds is 7. The maximum absolute atomic E-state index is 6.35. The summed E-state index contributed by atoms with van der Waals surface area (Å²) >= 11 is 0. The highest BCUT2D eigenvalue weighted by atomic mass is 16.5. The monoisotopic (exact) mass is 372 g/mol. The zero-order chi connectivity index (χ0) is 19.2. The second-order valence-electron chi connectivity index (χ2n) is 7.59. The predicted molar refractivity (Wildman–Crippen MR) is 114 cm³/mol. The molecule has 0 aromatic heterocycles. The molecule has 0 amide bonds. The van der Waals surface area contributed by atoms with E-state index in [2.05, 4.69) is 78.9 Å². The average molecular weight is 373 g/mol. The van der Waals surface area contributed by atoms with Gasteiger partial charge in [-0.2, -0.15) is 0 Å². The Bertz CT molecular complexity index is 867. The topological polar surface area (TPSA) is 18.5 Å². The predicted octanol–water partition coefficient (Wildman–Crippen LogP) is 6.39. The molecule has 28 heavy (non-hydrogen) atoms. The summed E-state index contributed by atoms with van der Waals surface area (Å²) in [6, 6.07) is 27.9. The van der Waals surface area contributed by atoms with Crippen molar-refractivity contribution in [3.8, 4) is 11.5 Å². The van der Waals surface area contributed by atoms with Crippen molar-refractivity contribution < 1.29 is 9.47 Å². The number of hydrogen-bond acceptors (Lipinski definition) is 2. The van der Waals surface area contributed by atoms with Gasteiger partial charge in [-0.15, -0.1) is 0 Å². The number of methoxy groups -OCH3 is 1. The van der Waals surface area contributed by atoms with E-state index >= 15 is 0 Å². The van der Waals surface area contributed by atoms with Gasteiger partial charge in [0.05, 0.1) is 13.2 Å². The van der Waals surface area contributed by atoms with Gasteiger partial charge in [-0.3, -0.25) is 0 Å². The minimum Gasteiger partial charge on any atom is -0.493 e. The molecule has 0 bridgehead atoms.